The smallest absolute Gasteiger partial charge is 0.0992 e. The molecule has 0 saturated carbocycles. The van der Waals surface area contributed by atoms with Crippen LogP contribution in [0.25, 0.3) is 66.2 Å². The second-order valence-corrected chi connectivity index (χ2v) is 10.4. The zero-order valence-electron chi connectivity index (χ0n) is 22.4. The van der Waals surface area contributed by atoms with E-state index in [-0.39, 0.29) is 0 Å². The molecule has 0 radical (unpaired) electrons. The van der Waals surface area contributed by atoms with Gasteiger partial charge in [0.25, 0.3) is 0 Å². The highest BCUT2D eigenvalue weighted by Crippen LogP contribution is 2.36. The monoisotopic (exact) mass is 535 g/mol. The van der Waals surface area contributed by atoms with Gasteiger partial charge in [-0.2, -0.15) is 10.5 Å². The molecule has 0 unspecified atom stereocenters. The Balaban J connectivity index is 1.35. The van der Waals surface area contributed by atoms with Crippen LogP contribution in [-0.4, -0.2) is 14.1 Å². The van der Waals surface area contributed by atoms with Crippen LogP contribution < -0.4 is 0 Å². The van der Waals surface area contributed by atoms with Gasteiger partial charge in [0.2, 0.25) is 0 Å². The standard InChI is InChI=1S/C37H21N5/c38-22-24-14-15-35-32(19-24)30-9-1-3-11-33(30)42(35)29-18-25(23-39)17-27(21-29)26-7-5-8-28(20-26)41-34-12-4-2-10-31(34)37-36(41)13-6-16-40-37/h1-21H. The van der Waals surface area contributed by atoms with Gasteiger partial charge in [0.15, 0.2) is 0 Å². The van der Waals surface area contributed by atoms with Gasteiger partial charge in [-0.05, 0) is 83.9 Å². The van der Waals surface area contributed by atoms with Crippen LogP contribution >= 0.6 is 0 Å². The fraction of sp³-hybridized carbons (Fsp3) is 0. The van der Waals surface area contributed by atoms with Crippen LogP contribution in [0.4, 0.5) is 0 Å². The van der Waals surface area contributed by atoms with Gasteiger partial charge in [-0.1, -0.05) is 48.5 Å². The summed E-state index contributed by atoms with van der Waals surface area (Å²) in [4.78, 5) is 4.68. The van der Waals surface area contributed by atoms with Crippen molar-refractivity contribution in [3.63, 3.8) is 0 Å². The quantitative estimate of drug-likeness (QED) is 0.227. The molecule has 0 atom stereocenters. The number of pyridine rings is 1. The minimum atomic E-state index is 0.577. The van der Waals surface area contributed by atoms with Gasteiger partial charge in [-0.3, -0.25) is 4.98 Å². The fourth-order valence-electron chi connectivity index (χ4n) is 6.18. The normalized spacial score (nSPS) is 11.3. The first-order valence-electron chi connectivity index (χ1n) is 13.7. The molecule has 3 heterocycles. The van der Waals surface area contributed by atoms with Gasteiger partial charge < -0.3 is 9.13 Å². The van der Waals surface area contributed by atoms with Gasteiger partial charge in [-0.15, -0.1) is 0 Å². The predicted molar refractivity (Wildman–Crippen MR) is 168 cm³/mol. The zero-order valence-corrected chi connectivity index (χ0v) is 22.4. The molecule has 194 valence electrons. The Morgan fingerprint density at radius 3 is 2.00 bits per heavy atom. The molecule has 0 aliphatic rings. The summed E-state index contributed by atoms with van der Waals surface area (Å²) in [5.41, 5.74) is 10.2. The first kappa shape index (κ1) is 23.7. The zero-order chi connectivity index (χ0) is 28.2. The molecule has 0 N–H and O–H groups in total. The average Bonchev–Trinajstić information content (AvgIpc) is 3.57. The Morgan fingerprint density at radius 1 is 0.476 bits per heavy atom. The van der Waals surface area contributed by atoms with Gasteiger partial charge >= 0.3 is 0 Å². The largest absolute Gasteiger partial charge is 0.309 e. The molecule has 0 fully saturated rings. The summed E-state index contributed by atoms with van der Waals surface area (Å²) < 4.78 is 4.43. The van der Waals surface area contributed by atoms with Crippen molar-refractivity contribution in [2.45, 2.75) is 0 Å². The predicted octanol–water partition coefficient (Wildman–Crippen LogP) is 8.69. The summed E-state index contributed by atoms with van der Waals surface area (Å²) in [6.45, 7) is 0. The maximum absolute atomic E-state index is 10.1. The maximum atomic E-state index is 10.1. The van der Waals surface area contributed by atoms with Gasteiger partial charge in [0.05, 0.1) is 50.8 Å². The fourth-order valence-corrected chi connectivity index (χ4v) is 6.18. The van der Waals surface area contributed by atoms with E-state index in [0.717, 1.165) is 66.2 Å². The van der Waals surface area contributed by atoms with Gasteiger partial charge in [0.1, 0.15) is 0 Å². The van der Waals surface area contributed by atoms with E-state index in [1.807, 2.05) is 60.8 Å². The molecule has 0 spiro atoms. The average molecular weight is 536 g/mol. The van der Waals surface area contributed by atoms with E-state index in [1.54, 1.807) is 0 Å². The first-order chi connectivity index (χ1) is 20.7. The number of fused-ring (bicyclic) bond motifs is 6. The van der Waals surface area contributed by atoms with E-state index in [9.17, 15) is 10.5 Å². The molecule has 42 heavy (non-hydrogen) atoms. The Bertz CT molecular complexity index is 2390. The summed E-state index contributed by atoms with van der Waals surface area (Å²) >= 11 is 0. The number of rotatable bonds is 3. The Morgan fingerprint density at radius 2 is 1.17 bits per heavy atom. The lowest BCUT2D eigenvalue weighted by molar-refractivity contribution is 1.17. The molecular formula is C37H21N5. The van der Waals surface area contributed by atoms with Crippen molar-refractivity contribution in [3.8, 4) is 34.6 Å². The topological polar surface area (TPSA) is 70.3 Å². The lowest BCUT2D eigenvalue weighted by atomic mass is 10.0. The van der Waals surface area contributed by atoms with Crippen LogP contribution in [0.1, 0.15) is 11.1 Å². The number of aromatic nitrogens is 3. The number of para-hydroxylation sites is 2. The van der Waals surface area contributed by atoms with E-state index in [0.29, 0.717) is 11.1 Å². The van der Waals surface area contributed by atoms with E-state index < -0.39 is 0 Å². The number of nitrogens with zero attached hydrogens (tertiary/aromatic N) is 5. The van der Waals surface area contributed by atoms with Crippen molar-refractivity contribution in [2.75, 3.05) is 0 Å². The summed E-state index contributed by atoms with van der Waals surface area (Å²) in [5, 5.41) is 22.8. The SMILES string of the molecule is N#Cc1cc(-c2cccc(-n3c4ccccc4c4ncccc43)c2)cc(-n2c3ccccc3c3cc(C#N)ccc32)c1. The van der Waals surface area contributed by atoms with Crippen LogP contribution in [0.5, 0.6) is 0 Å². The highest BCUT2D eigenvalue weighted by molar-refractivity contribution is 6.10. The molecule has 5 heteroatoms. The van der Waals surface area contributed by atoms with Gasteiger partial charge in [0, 0.05) is 33.7 Å². The third-order valence-corrected chi connectivity index (χ3v) is 7.97. The van der Waals surface area contributed by atoms with Crippen molar-refractivity contribution in [3.05, 3.63) is 139 Å². The Hall–Kier alpha value is -6.17. The van der Waals surface area contributed by atoms with Crippen molar-refractivity contribution in [1.29, 1.82) is 10.5 Å². The summed E-state index contributed by atoms with van der Waals surface area (Å²) in [5.74, 6) is 0. The molecule has 0 aliphatic carbocycles. The first-order valence-corrected chi connectivity index (χ1v) is 13.7. The van der Waals surface area contributed by atoms with E-state index in [4.69, 9.17) is 0 Å². The van der Waals surface area contributed by atoms with Crippen LogP contribution in [-0.2, 0) is 0 Å². The second-order valence-electron chi connectivity index (χ2n) is 10.4. The number of benzene rings is 5. The summed E-state index contributed by atoms with van der Waals surface area (Å²) in [7, 11) is 0. The van der Waals surface area contributed by atoms with Crippen molar-refractivity contribution >= 4 is 43.7 Å². The molecular weight excluding hydrogens is 514 g/mol. The van der Waals surface area contributed by atoms with Gasteiger partial charge in [-0.25, -0.2) is 0 Å². The number of nitriles is 2. The van der Waals surface area contributed by atoms with Crippen LogP contribution in [0, 0.1) is 22.7 Å². The Kier molecular flexibility index (Phi) is 5.19. The molecule has 0 amide bonds. The molecule has 8 aromatic rings. The molecule has 3 aromatic heterocycles. The highest BCUT2D eigenvalue weighted by atomic mass is 15.0. The third-order valence-electron chi connectivity index (χ3n) is 7.97. The molecule has 5 aromatic carbocycles. The maximum Gasteiger partial charge on any atom is 0.0992 e. The van der Waals surface area contributed by atoms with Crippen molar-refractivity contribution < 1.29 is 0 Å². The van der Waals surface area contributed by atoms with E-state index in [1.165, 1.54) is 0 Å². The molecule has 0 aliphatic heterocycles. The number of hydrogen-bond donors (Lipinski definition) is 0. The Labute approximate surface area is 241 Å². The summed E-state index contributed by atoms with van der Waals surface area (Å²) in [6, 6.07) is 45.4. The van der Waals surface area contributed by atoms with E-state index in [2.05, 4.69) is 93.0 Å². The highest BCUT2D eigenvalue weighted by Gasteiger charge is 2.16. The van der Waals surface area contributed by atoms with Crippen LogP contribution in [0.3, 0.4) is 0 Å². The van der Waals surface area contributed by atoms with Crippen LogP contribution in [0.2, 0.25) is 0 Å². The lowest BCUT2D eigenvalue weighted by Gasteiger charge is -2.13. The molecule has 5 nitrogen and oxygen atoms in total. The minimum absolute atomic E-state index is 0.577. The second kappa shape index (κ2) is 9.20. The van der Waals surface area contributed by atoms with Crippen LogP contribution in [0.15, 0.2) is 128 Å². The minimum Gasteiger partial charge on any atom is -0.309 e. The molecule has 0 bridgehead atoms. The van der Waals surface area contributed by atoms with Crippen molar-refractivity contribution in [1.82, 2.24) is 14.1 Å². The molecule has 8 rings (SSSR count). The van der Waals surface area contributed by atoms with E-state index >= 15 is 0 Å². The summed E-state index contributed by atoms with van der Waals surface area (Å²) in [6.07, 6.45) is 1.83. The lowest BCUT2D eigenvalue weighted by Crippen LogP contribution is -1.97. The third kappa shape index (κ3) is 3.52. The number of hydrogen-bond acceptors (Lipinski definition) is 3. The van der Waals surface area contributed by atoms with Crippen molar-refractivity contribution in [2.24, 2.45) is 0 Å². The molecule has 0 saturated heterocycles.